The maximum Gasteiger partial charge on any atom is 0.324 e. The molecule has 6 heteroatoms. The van der Waals surface area contributed by atoms with E-state index in [1.807, 2.05) is 29.2 Å². The molecule has 0 spiro atoms. The van der Waals surface area contributed by atoms with Crippen LogP contribution >= 0.6 is 0 Å². The molecule has 1 saturated heterocycles. The lowest BCUT2D eigenvalue weighted by molar-refractivity contribution is -0.122. The van der Waals surface area contributed by atoms with Gasteiger partial charge in [-0.15, -0.1) is 0 Å². The summed E-state index contributed by atoms with van der Waals surface area (Å²) < 4.78 is 5.53. The number of carbonyl (C=O) groups is 2. The van der Waals surface area contributed by atoms with Crippen LogP contribution in [0.15, 0.2) is 42.5 Å². The van der Waals surface area contributed by atoms with Crippen molar-refractivity contribution in [3.8, 4) is 5.75 Å². The molecular formula is C24H29N3O3. The number of amides is 3. The number of aryl methyl sites for hydroxylation is 1. The topological polar surface area (TPSA) is 61.9 Å². The molecule has 0 aromatic heterocycles. The minimum Gasteiger partial charge on any atom is -0.495 e. The number of rotatable bonds is 6. The van der Waals surface area contributed by atoms with E-state index in [-0.39, 0.29) is 17.9 Å². The number of anilines is 2. The van der Waals surface area contributed by atoms with Gasteiger partial charge in [0.15, 0.2) is 0 Å². The fourth-order valence-corrected chi connectivity index (χ4v) is 4.08. The normalized spacial score (nSPS) is 16.9. The van der Waals surface area contributed by atoms with E-state index < -0.39 is 0 Å². The average molecular weight is 408 g/mol. The van der Waals surface area contributed by atoms with Gasteiger partial charge < -0.3 is 15.0 Å². The molecule has 1 N–H and O–H groups in total. The minimum absolute atomic E-state index is 0.0384. The van der Waals surface area contributed by atoms with Crippen LogP contribution in [0.2, 0.25) is 0 Å². The van der Waals surface area contributed by atoms with Gasteiger partial charge in [0.1, 0.15) is 5.75 Å². The summed E-state index contributed by atoms with van der Waals surface area (Å²) in [6.07, 6.45) is 3.89. The molecule has 30 heavy (non-hydrogen) atoms. The van der Waals surface area contributed by atoms with Crippen LogP contribution in [-0.2, 0) is 11.3 Å². The molecule has 2 fully saturated rings. The van der Waals surface area contributed by atoms with E-state index in [1.165, 1.54) is 5.56 Å². The molecule has 1 heterocycles. The number of urea groups is 1. The van der Waals surface area contributed by atoms with Gasteiger partial charge in [-0.2, -0.15) is 0 Å². The first-order chi connectivity index (χ1) is 14.5. The molecule has 2 aromatic rings. The molecular weight excluding hydrogens is 378 g/mol. The Balaban J connectivity index is 1.54. The van der Waals surface area contributed by atoms with E-state index in [1.54, 1.807) is 12.0 Å². The standard InChI is InChI=1S/C24H29N3O3/c1-17-6-3-7-18(14-17)16-26-12-5-13-27(24(26)29)21-15-20(10-11-22(21)30-2)25-23(28)19-8-4-9-19/h3,6-7,10-11,14-15,19H,4-5,8-9,12-13,16H2,1-2H3,(H,25,28). The fourth-order valence-electron chi connectivity index (χ4n) is 4.08. The van der Waals surface area contributed by atoms with Crippen molar-refractivity contribution >= 4 is 23.3 Å². The number of hydrogen-bond donors (Lipinski definition) is 1. The van der Waals surface area contributed by atoms with Gasteiger partial charge in [-0.3, -0.25) is 9.69 Å². The molecule has 0 atom stereocenters. The Hall–Kier alpha value is -3.02. The number of ether oxygens (including phenoxy) is 1. The number of benzene rings is 2. The van der Waals surface area contributed by atoms with E-state index in [0.29, 0.717) is 30.2 Å². The Labute approximate surface area is 177 Å². The molecule has 6 nitrogen and oxygen atoms in total. The van der Waals surface area contributed by atoms with Crippen molar-refractivity contribution in [2.45, 2.75) is 39.2 Å². The number of nitrogens with zero attached hydrogens (tertiary/aromatic N) is 2. The molecule has 0 bridgehead atoms. The zero-order valence-corrected chi connectivity index (χ0v) is 17.7. The summed E-state index contributed by atoms with van der Waals surface area (Å²) in [7, 11) is 1.60. The maximum absolute atomic E-state index is 13.3. The van der Waals surface area contributed by atoms with Gasteiger partial charge >= 0.3 is 6.03 Å². The zero-order chi connectivity index (χ0) is 21.1. The lowest BCUT2D eigenvalue weighted by atomic mass is 9.85. The van der Waals surface area contributed by atoms with E-state index in [0.717, 1.165) is 37.8 Å². The Morgan fingerprint density at radius 1 is 1.13 bits per heavy atom. The second kappa shape index (κ2) is 8.78. The predicted octanol–water partition coefficient (Wildman–Crippen LogP) is 4.57. The van der Waals surface area contributed by atoms with Crippen molar-refractivity contribution in [2.75, 3.05) is 30.4 Å². The molecule has 0 unspecified atom stereocenters. The first-order valence-electron chi connectivity index (χ1n) is 10.7. The summed E-state index contributed by atoms with van der Waals surface area (Å²) in [6.45, 7) is 3.99. The van der Waals surface area contributed by atoms with Crippen LogP contribution in [-0.4, -0.2) is 37.0 Å². The van der Waals surface area contributed by atoms with Gasteiger partial charge in [-0.1, -0.05) is 36.2 Å². The number of nitrogens with one attached hydrogen (secondary N) is 1. The van der Waals surface area contributed by atoms with Gasteiger partial charge in [0.2, 0.25) is 5.91 Å². The molecule has 3 amide bonds. The highest BCUT2D eigenvalue weighted by Gasteiger charge is 2.30. The summed E-state index contributed by atoms with van der Waals surface area (Å²) in [5.41, 5.74) is 3.71. The highest BCUT2D eigenvalue weighted by Crippen LogP contribution is 2.35. The predicted molar refractivity (Wildman–Crippen MR) is 118 cm³/mol. The van der Waals surface area contributed by atoms with Crippen LogP contribution in [0.5, 0.6) is 5.75 Å². The third kappa shape index (κ3) is 4.27. The molecule has 1 saturated carbocycles. The van der Waals surface area contributed by atoms with Gasteiger partial charge in [0.05, 0.1) is 12.8 Å². The Bertz CT molecular complexity index is 939. The van der Waals surface area contributed by atoms with Crippen molar-refractivity contribution in [1.29, 1.82) is 0 Å². The van der Waals surface area contributed by atoms with Crippen LogP contribution in [0.25, 0.3) is 0 Å². The highest BCUT2D eigenvalue weighted by atomic mass is 16.5. The van der Waals surface area contributed by atoms with Crippen LogP contribution in [0, 0.1) is 12.8 Å². The summed E-state index contributed by atoms with van der Waals surface area (Å²) in [4.78, 5) is 29.3. The maximum atomic E-state index is 13.3. The second-order valence-corrected chi connectivity index (χ2v) is 8.20. The first-order valence-corrected chi connectivity index (χ1v) is 10.7. The van der Waals surface area contributed by atoms with E-state index >= 15 is 0 Å². The van der Waals surface area contributed by atoms with Crippen molar-refractivity contribution in [3.05, 3.63) is 53.6 Å². The molecule has 158 valence electrons. The second-order valence-electron chi connectivity index (χ2n) is 8.20. The molecule has 1 aliphatic carbocycles. The van der Waals surface area contributed by atoms with E-state index in [2.05, 4.69) is 30.4 Å². The molecule has 2 aromatic carbocycles. The SMILES string of the molecule is COc1ccc(NC(=O)C2CCC2)cc1N1CCCN(Cc2cccc(C)c2)C1=O. The third-order valence-electron chi connectivity index (χ3n) is 5.98. The van der Waals surface area contributed by atoms with E-state index in [4.69, 9.17) is 4.74 Å². The first kappa shape index (κ1) is 20.3. The smallest absolute Gasteiger partial charge is 0.324 e. The number of hydrogen-bond acceptors (Lipinski definition) is 3. The van der Waals surface area contributed by atoms with Gasteiger partial charge in [0.25, 0.3) is 0 Å². The van der Waals surface area contributed by atoms with Crippen molar-refractivity contribution in [1.82, 2.24) is 4.90 Å². The lowest BCUT2D eigenvalue weighted by Gasteiger charge is -2.36. The highest BCUT2D eigenvalue weighted by molar-refractivity contribution is 5.97. The number of methoxy groups -OCH3 is 1. The number of carbonyl (C=O) groups excluding carboxylic acids is 2. The molecule has 1 aliphatic heterocycles. The monoisotopic (exact) mass is 407 g/mol. The lowest BCUT2D eigenvalue weighted by Crippen LogP contribution is -2.49. The summed E-state index contributed by atoms with van der Waals surface area (Å²) >= 11 is 0. The Morgan fingerprint density at radius 3 is 2.67 bits per heavy atom. The van der Waals surface area contributed by atoms with E-state index in [9.17, 15) is 9.59 Å². The van der Waals surface area contributed by atoms with Gasteiger partial charge in [-0.25, -0.2) is 4.79 Å². The van der Waals surface area contributed by atoms with Crippen molar-refractivity contribution in [2.24, 2.45) is 5.92 Å². The average Bonchev–Trinajstić information content (AvgIpc) is 2.68. The van der Waals surface area contributed by atoms with Crippen LogP contribution in [0.4, 0.5) is 16.2 Å². The minimum atomic E-state index is -0.0384. The van der Waals surface area contributed by atoms with Crippen LogP contribution in [0.1, 0.15) is 36.8 Å². The summed E-state index contributed by atoms with van der Waals surface area (Å²) in [5, 5.41) is 3.00. The van der Waals surface area contributed by atoms with Gasteiger partial charge in [-0.05, 0) is 49.9 Å². The fraction of sp³-hybridized carbons (Fsp3) is 0.417. The van der Waals surface area contributed by atoms with Crippen LogP contribution < -0.4 is 15.0 Å². The zero-order valence-electron chi connectivity index (χ0n) is 17.7. The quantitative estimate of drug-likeness (QED) is 0.763. The summed E-state index contributed by atoms with van der Waals surface area (Å²) in [6, 6.07) is 13.7. The molecule has 4 rings (SSSR count). The molecule has 2 aliphatic rings. The van der Waals surface area contributed by atoms with Crippen molar-refractivity contribution < 1.29 is 14.3 Å². The van der Waals surface area contributed by atoms with Crippen LogP contribution in [0.3, 0.4) is 0 Å². The Kier molecular flexibility index (Phi) is 5.93. The van der Waals surface area contributed by atoms with Crippen molar-refractivity contribution in [3.63, 3.8) is 0 Å². The van der Waals surface area contributed by atoms with Gasteiger partial charge in [0, 0.05) is 31.2 Å². The summed E-state index contributed by atoms with van der Waals surface area (Å²) in [5.74, 6) is 0.794. The Morgan fingerprint density at radius 2 is 1.97 bits per heavy atom. The third-order valence-corrected chi connectivity index (χ3v) is 5.98. The molecule has 0 radical (unpaired) electrons. The largest absolute Gasteiger partial charge is 0.495 e.